The maximum Gasteiger partial charge on any atom is 0.317 e. The molecule has 3 rings (SSSR count). The number of aromatic nitrogens is 2. The van der Waals surface area contributed by atoms with E-state index in [-0.39, 0.29) is 12.1 Å². The number of urea groups is 1. The van der Waals surface area contributed by atoms with Crippen molar-refractivity contribution in [2.24, 2.45) is 7.05 Å². The molecule has 0 radical (unpaired) electrons. The van der Waals surface area contributed by atoms with E-state index >= 15 is 0 Å². The van der Waals surface area contributed by atoms with Crippen LogP contribution in [0.25, 0.3) is 0 Å². The Morgan fingerprint density at radius 2 is 1.96 bits per heavy atom. The number of aryl methyl sites for hydroxylation is 2. The molecule has 6 nitrogen and oxygen atoms in total. The highest BCUT2D eigenvalue weighted by molar-refractivity contribution is 5.74. The molecule has 6 heteroatoms. The van der Waals surface area contributed by atoms with Gasteiger partial charge in [-0.05, 0) is 26.3 Å². The Morgan fingerprint density at radius 3 is 2.58 bits per heavy atom. The predicted octanol–water partition coefficient (Wildman–Crippen LogP) is 2.45. The average molecular weight is 355 g/mol. The van der Waals surface area contributed by atoms with Gasteiger partial charge in [-0.2, -0.15) is 5.10 Å². The summed E-state index contributed by atoms with van der Waals surface area (Å²) >= 11 is 0. The summed E-state index contributed by atoms with van der Waals surface area (Å²) in [5.41, 5.74) is 4.51. The summed E-state index contributed by atoms with van der Waals surface area (Å²) in [6, 6.07) is 10.7. The Bertz CT molecular complexity index is 755. The highest BCUT2D eigenvalue weighted by Crippen LogP contribution is 2.15. The van der Waals surface area contributed by atoms with Crippen molar-refractivity contribution < 1.29 is 4.79 Å². The van der Waals surface area contributed by atoms with Gasteiger partial charge in [-0.25, -0.2) is 4.79 Å². The van der Waals surface area contributed by atoms with Crippen molar-refractivity contribution in [3.8, 4) is 0 Å². The molecule has 140 valence electrons. The zero-order valence-corrected chi connectivity index (χ0v) is 16.2. The van der Waals surface area contributed by atoms with Gasteiger partial charge in [0.1, 0.15) is 0 Å². The molecule has 1 saturated heterocycles. The summed E-state index contributed by atoms with van der Waals surface area (Å²) in [4.78, 5) is 17.0. The number of nitrogens with zero attached hydrogens (tertiary/aromatic N) is 4. The molecular formula is C20H29N5O. The Balaban J connectivity index is 1.53. The lowest BCUT2D eigenvalue weighted by Gasteiger charge is -2.39. The van der Waals surface area contributed by atoms with Crippen LogP contribution < -0.4 is 5.32 Å². The Morgan fingerprint density at radius 1 is 1.23 bits per heavy atom. The lowest BCUT2D eigenvalue weighted by Crippen LogP contribution is -2.56. The standard InChI is InChI=1S/C20H29N5O/c1-15-13-24(14-18-8-6-5-7-9-18)10-11-25(15)20(26)21-12-19-16(2)22-23(4)17(19)3/h5-9,15H,10-14H2,1-4H3,(H,21,26)/t15-/m1/s1. The second-order valence-electron chi connectivity index (χ2n) is 7.19. The third kappa shape index (κ3) is 4.07. The van der Waals surface area contributed by atoms with Gasteiger partial charge in [0.15, 0.2) is 0 Å². The second-order valence-corrected chi connectivity index (χ2v) is 7.19. The van der Waals surface area contributed by atoms with Crippen molar-refractivity contribution in [1.82, 2.24) is 24.9 Å². The normalized spacial score (nSPS) is 18.2. The molecule has 0 spiro atoms. The monoisotopic (exact) mass is 355 g/mol. The van der Waals surface area contributed by atoms with E-state index in [9.17, 15) is 4.79 Å². The topological polar surface area (TPSA) is 53.4 Å². The molecule has 2 aromatic rings. The molecule has 26 heavy (non-hydrogen) atoms. The summed E-state index contributed by atoms with van der Waals surface area (Å²) in [5, 5.41) is 7.48. The molecule has 1 N–H and O–H groups in total. The Hall–Kier alpha value is -2.34. The quantitative estimate of drug-likeness (QED) is 0.917. The minimum absolute atomic E-state index is 0.0134. The molecule has 1 aliphatic heterocycles. The van der Waals surface area contributed by atoms with Crippen molar-refractivity contribution >= 4 is 6.03 Å². The van der Waals surface area contributed by atoms with Crippen LogP contribution in [0.5, 0.6) is 0 Å². The number of carbonyl (C=O) groups excluding carboxylic acids is 1. The van der Waals surface area contributed by atoms with Gasteiger partial charge in [0.25, 0.3) is 0 Å². The molecule has 0 bridgehead atoms. The molecule has 0 unspecified atom stereocenters. The van der Waals surface area contributed by atoms with Crippen LogP contribution in [0.2, 0.25) is 0 Å². The van der Waals surface area contributed by atoms with Crippen LogP contribution in [0.15, 0.2) is 30.3 Å². The minimum atomic E-state index is 0.0134. The molecule has 2 heterocycles. The van der Waals surface area contributed by atoms with Crippen molar-refractivity contribution in [3.05, 3.63) is 52.8 Å². The average Bonchev–Trinajstić information content (AvgIpc) is 2.86. The van der Waals surface area contributed by atoms with Crippen LogP contribution >= 0.6 is 0 Å². The van der Waals surface area contributed by atoms with Gasteiger partial charge in [0.2, 0.25) is 0 Å². The number of nitrogens with one attached hydrogen (secondary N) is 1. The SMILES string of the molecule is Cc1nn(C)c(C)c1CNC(=O)N1CCN(Cc2ccccc2)C[C@H]1C. The maximum atomic E-state index is 12.6. The molecule has 2 amide bonds. The first-order chi connectivity index (χ1) is 12.5. The highest BCUT2D eigenvalue weighted by atomic mass is 16.2. The van der Waals surface area contributed by atoms with Crippen LogP contribution in [0.3, 0.4) is 0 Å². The fourth-order valence-corrected chi connectivity index (χ4v) is 3.66. The molecule has 1 aromatic carbocycles. The molecular weight excluding hydrogens is 326 g/mol. The van der Waals surface area contributed by atoms with E-state index in [1.807, 2.05) is 36.5 Å². The fourth-order valence-electron chi connectivity index (χ4n) is 3.66. The number of amides is 2. The Kier molecular flexibility index (Phi) is 5.61. The van der Waals surface area contributed by atoms with Gasteiger partial charge in [-0.1, -0.05) is 30.3 Å². The van der Waals surface area contributed by atoms with Crippen LogP contribution in [0.4, 0.5) is 4.79 Å². The predicted molar refractivity (Wildman–Crippen MR) is 103 cm³/mol. The summed E-state index contributed by atoms with van der Waals surface area (Å²) in [5.74, 6) is 0. The van der Waals surface area contributed by atoms with E-state index in [1.54, 1.807) is 0 Å². The van der Waals surface area contributed by atoms with Gasteiger partial charge in [0.05, 0.1) is 5.69 Å². The maximum absolute atomic E-state index is 12.6. The molecule has 1 aliphatic rings. The van der Waals surface area contributed by atoms with Gasteiger partial charge in [-0.3, -0.25) is 9.58 Å². The third-order valence-corrected chi connectivity index (χ3v) is 5.30. The number of benzene rings is 1. The van der Waals surface area contributed by atoms with Gasteiger partial charge >= 0.3 is 6.03 Å². The number of piperazine rings is 1. The third-order valence-electron chi connectivity index (χ3n) is 5.30. The lowest BCUT2D eigenvalue weighted by atomic mass is 10.1. The molecule has 0 saturated carbocycles. The van der Waals surface area contributed by atoms with Gasteiger partial charge < -0.3 is 10.2 Å². The van der Waals surface area contributed by atoms with Crippen LogP contribution in [0.1, 0.15) is 29.4 Å². The molecule has 1 aromatic heterocycles. The van der Waals surface area contributed by atoms with E-state index in [4.69, 9.17) is 0 Å². The number of carbonyl (C=O) groups is 1. The smallest absolute Gasteiger partial charge is 0.317 e. The summed E-state index contributed by atoms with van der Waals surface area (Å²) in [7, 11) is 1.93. The summed E-state index contributed by atoms with van der Waals surface area (Å²) in [6.45, 7) is 10.2. The first kappa shape index (κ1) is 18.5. The Labute approximate surface area is 155 Å². The number of hydrogen-bond acceptors (Lipinski definition) is 3. The second kappa shape index (κ2) is 7.91. The number of hydrogen-bond donors (Lipinski definition) is 1. The van der Waals surface area contributed by atoms with Crippen molar-refractivity contribution in [3.63, 3.8) is 0 Å². The number of rotatable bonds is 4. The van der Waals surface area contributed by atoms with E-state index < -0.39 is 0 Å². The summed E-state index contributed by atoms with van der Waals surface area (Å²) in [6.07, 6.45) is 0. The van der Waals surface area contributed by atoms with Crippen molar-refractivity contribution in [2.45, 2.75) is 39.9 Å². The lowest BCUT2D eigenvalue weighted by molar-refractivity contribution is 0.0973. The van der Waals surface area contributed by atoms with Gasteiger partial charge in [0, 0.05) is 57.1 Å². The molecule has 0 aliphatic carbocycles. The first-order valence-electron chi connectivity index (χ1n) is 9.25. The summed E-state index contributed by atoms with van der Waals surface area (Å²) < 4.78 is 1.86. The molecule has 1 fully saturated rings. The van der Waals surface area contributed by atoms with Crippen molar-refractivity contribution in [1.29, 1.82) is 0 Å². The van der Waals surface area contributed by atoms with E-state index in [0.717, 1.165) is 43.1 Å². The zero-order valence-electron chi connectivity index (χ0n) is 16.2. The van der Waals surface area contributed by atoms with E-state index in [1.165, 1.54) is 5.56 Å². The van der Waals surface area contributed by atoms with E-state index in [0.29, 0.717) is 6.54 Å². The van der Waals surface area contributed by atoms with Gasteiger partial charge in [-0.15, -0.1) is 0 Å². The fraction of sp³-hybridized carbons (Fsp3) is 0.500. The molecule has 1 atom stereocenters. The van der Waals surface area contributed by atoms with Crippen molar-refractivity contribution in [2.75, 3.05) is 19.6 Å². The van der Waals surface area contributed by atoms with Crippen LogP contribution in [-0.2, 0) is 20.1 Å². The van der Waals surface area contributed by atoms with Crippen LogP contribution in [-0.4, -0.2) is 51.3 Å². The van der Waals surface area contributed by atoms with E-state index in [2.05, 4.69) is 46.5 Å². The highest BCUT2D eigenvalue weighted by Gasteiger charge is 2.27. The minimum Gasteiger partial charge on any atom is -0.334 e. The largest absolute Gasteiger partial charge is 0.334 e. The first-order valence-corrected chi connectivity index (χ1v) is 9.25. The van der Waals surface area contributed by atoms with Crippen LogP contribution in [0, 0.1) is 13.8 Å². The zero-order chi connectivity index (χ0) is 18.7.